The number of carbonyl (C=O) groups is 1. The van der Waals surface area contributed by atoms with E-state index >= 15 is 0 Å². The van der Waals surface area contributed by atoms with Crippen LogP contribution in [-0.4, -0.2) is 28.9 Å². The predicted octanol–water partition coefficient (Wildman–Crippen LogP) is 3.05. The molecule has 0 saturated heterocycles. The van der Waals surface area contributed by atoms with E-state index in [1.54, 1.807) is 4.90 Å². The number of rotatable bonds is 0. The smallest absolute Gasteiger partial charge is 0.415 e. The quantitative estimate of drug-likeness (QED) is 0.791. The zero-order valence-electron chi connectivity index (χ0n) is 12.2. The van der Waals surface area contributed by atoms with Crippen LogP contribution in [0.2, 0.25) is 0 Å². The molecule has 1 aliphatic heterocycles. The minimum Gasteiger partial charge on any atom is -0.443 e. The van der Waals surface area contributed by atoms with E-state index in [0.717, 1.165) is 24.1 Å². The van der Waals surface area contributed by atoms with Crippen molar-refractivity contribution in [1.82, 2.24) is 0 Å². The molecule has 4 nitrogen and oxygen atoms in total. The Labute approximate surface area is 119 Å². The predicted molar refractivity (Wildman–Crippen MR) is 76.9 cm³/mol. The second kappa shape index (κ2) is 4.48. The highest BCUT2D eigenvalue weighted by atomic mass is 16.6. The van der Waals surface area contributed by atoms with Gasteiger partial charge >= 0.3 is 6.09 Å². The van der Waals surface area contributed by atoms with Crippen LogP contribution in [0.25, 0.3) is 0 Å². The van der Waals surface area contributed by atoms with E-state index in [9.17, 15) is 9.90 Å². The Morgan fingerprint density at radius 1 is 1.30 bits per heavy atom. The van der Waals surface area contributed by atoms with E-state index in [1.807, 2.05) is 39.0 Å². The number of hydrogen-bond donors (Lipinski definition) is 1. The molecule has 0 radical (unpaired) electrons. The van der Waals surface area contributed by atoms with Crippen molar-refractivity contribution in [2.24, 2.45) is 0 Å². The maximum Gasteiger partial charge on any atom is 0.415 e. The van der Waals surface area contributed by atoms with Gasteiger partial charge in [-0.25, -0.2) is 4.79 Å². The number of carbonyl (C=O) groups excluding carboxylic acids is 1. The fraction of sp³-hybridized carbons (Fsp3) is 0.562. The van der Waals surface area contributed by atoms with Gasteiger partial charge in [0.2, 0.25) is 0 Å². The summed E-state index contributed by atoms with van der Waals surface area (Å²) in [6.07, 6.45) is 0.823. The van der Waals surface area contributed by atoms with Crippen LogP contribution in [0.1, 0.15) is 45.1 Å². The third kappa shape index (κ3) is 2.08. The van der Waals surface area contributed by atoms with Crippen molar-refractivity contribution in [2.45, 2.75) is 57.3 Å². The number of nitrogens with zero attached hydrogens (tertiary/aromatic N) is 1. The first-order valence-corrected chi connectivity index (χ1v) is 7.18. The molecule has 1 N–H and O–H groups in total. The second-order valence-corrected chi connectivity index (χ2v) is 6.65. The average Bonchev–Trinajstić information content (AvgIpc) is 2.86. The second-order valence-electron chi connectivity index (χ2n) is 6.65. The van der Waals surface area contributed by atoms with E-state index in [2.05, 4.69) is 6.07 Å². The number of ether oxygens (including phenoxy) is 1. The number of amides is 1. The van der Waals surface area contributed by atoms with E-state index in [-0.39, 0.29) is 18.1 Å². The summed E-state index contributed by atoms with van der Waals surface area (Å²) in [6.45, 7) is 5.57. The van der Waals surface area contributed by atoms with Gasteiger partial charge in [-0.1, -0.05) is 18.2 Å². The Morgan fingerprint density at radius 3 is 2.70 bits per heavy atom. The van der Waals surface area contributed by atoms with Gasteiger partial charge in [0, 0.05) is 5.92 Å². The van der Waals surface area contributed by atoms with Crippen LogP contribution in [0.15, 0.2) is 24.3 Å². The zero-order valence-corrected chi connectivity index (χ0v) is 12.2. The van der Waals surface area contributed by atoms with Crippen LogP contribution >= 0.6 is 0 Å². The Balaban J connectivity index is 1.98. The van der Waals surface area contributed by atoms with Crippen molar-refractivity contribution in [3.05, 3.63) is 29.8 Å². The third-order valence-electron chi connectivity index (χ3n) is 4.06. The number of para-hydroxylation sites is 1. The fourth-order valence-electron chi connectivity index (χ4n) is 3.36. The molecule has 2 aliphatic rings. The van der Waals surface area contributed by atoms with Crippen molar-refractivity contribution in [2.75, 3.05) is 4.90 Å². The molecular weight excluding hydrogens is 254 g/mol. The number of aliphatic hydroxyl groups is 1. The molecule has 3 rings (SSSR count). The summed E-state index contributed by atoms with van der Waals surface area (Å²) in [5.41, 5.74) is 1.50. The zero-order chi connectivity index (χ0) is 14.5. The summed E-state index contributed by atoms with van der Waals surface area (Å²) in [6, 6.07) is 7.71. The summed E-state index contributed by atoms with van der Waals surface area (Å²) in [4.78, 5) is 14.2. The summed E-state index contributed by atoms with van der Waals surface area (Å²) in [5, 5.41) is 10.2. The molecule has 1 aromatic carbocycles. The van der Waals surface area contributed by atoms with Gasteiger partial charge in [0.05, 0.1) is 17.8 Å². The largest absolute Gasteiger partial charge is 0.443 e. The molecule has 3 atom stereocenters. The Kier molecular flexibility index (Phi) is 3.01. The molecule has 0 aromatic heterocycles. The molecule has 1 amide bonds. The number of benzene rings is 1. The standard InChI is InChI=1S/C16H21NO3/c1-16(2,3)20-15(19)17-12-7-5-4-6-10(12)11-8-9-13(18)14(11)17/h4-7,11,13-14,18H,8-9H2,1-3H3. The molecule has 1 aromatic rings. The van der Waals surface area contributed by atoms with Gasteiger partial charge in [0.25, 0.3) is 0 Å². The summed E-state index contributed by atoms with van der Waals surface area (Å²) in [5.74, 6) is 0.230. The lowest BCUT2D eigenvalue weighted by Crippen LogP contribution is -2.45. The van der Waals surface area contributed by atoms with Crippen LogP contribution < -0.4 is 4.90 Å². The van der Waals surface area contributed by atoms with Crippen LogP contribution in [0.4, 0.5) is 10.5 Å². The molecule has 1 heterocycles. The summed E-state index contributed by atoms with van der Waals surface area (Å²) >= 11 is 0. The highest BCUT2D eigenvalue weighted by molar-refractivity contribution is 5.92. The normalized spacial score (nSPS) is 28.2. The van der Waals surface area contributed by atoms with Gasteiger partial charge in [-0.15, -0.1) is 0 Å². The van der Waals surface area contributed by atoms with E-state index in [1.165, 1.54) is 0 Å². The molecule has 1 fully saturated rings. The van der Waals surface area contributed by atoms with Gasteiger partial charge in [0.1, 0.15) is 5.60 Å². The lowest BCUT2D eigenvalue weighted by molar-refractivity contribution is 0.0531. The molecular formula is C16H21NO3. The molecule has 4 heteroatoms. The molecule has 1 saturated carbocycles. The third-order valence-corrected chi connectivity index (χ3v) is 4.06. The van der Waals surface area contributed by atoms with Crippen molar-refractivity contribution in [3.63, 3.8) is 0 Å². The first kappa shape index (κ1) is 13.4. The molecule has 0 spiro atoms. The first-order chi connectivity index (χ1) is 9.38. The molecule has 20 heavy (non-hydrogen) atoms. The number of fused-ring (bicyclic) bond motifs is 3. The van der Waals surface area contributed by atoms with E-state index in [4.69, 9.17) is 4.74 Å². The van der Waals surface area contributed by atoms with Crippen LogP contribution in [0, 0.1) is 0 Å². The lowest BCUT2D eigenvalue weighted by Gasteiger charge is -2.30. The van der Waals surface area contributed by atoms with Crippen molar-refractivity contribution in [1.29, 1.82) is 0 Å². The molecule has 1 aliphatic carbocycles. The average molecular weight is 275 g/mol. The molecule has 3 unspecified atom stereocenters. The van der Waals surface area contributed by atoms with Crippen LogP contribution in [-0.2, 0) is 4.74 Å². The molecule has 108 valence electrons. The summed E-state index contributed by atoms with van der Waals surface area (Å²) in [7, 11) is 0. The fourth-order valence-corrected chi connectivity index (χ4v) is 3.36. The van der Waals surface area contributed by atoms with Crippen LogP contribution in [0.5, 0.6) is 0 Å². The number of hydrogen-bond acceptors (Lipinski definition) is 3. The SMILES string of the molecule is CC(C)(C)OC(=O)N1c2ccccc2C2CCC(O)C21. The van der Waals surface area contributed by atoms with Gasteiger partial charge in [-0.05, 0) is 45.2 Å². The van der Waals surface area contributed by atoms with Crippen LogP contribution in [0.3, 0.4) is 0 Å². The number of aliphatic hydroxyl groups excluding tert-OH is 1. The van der Waals surface area contributed by atoms with Gasteiger partial charge < -0.3 is 9.84 Å². The summed E-state index contributed by atoms with van der Waals surface area (Å²) < 4.78 is 5.51. The van der Waals surface area contributed by atoms with Crippen molar-refractivity contribution in [3.8, 4) is 0 Å². The highest BCUT2D eigenvalue weighted by Crippen LogP contribution is 2.49. The molecule has 0 bridgehead atoms. The minimum absolute atomic E-state index is 0.178. The van der Waals surface area contributed by atoms with E-state index in [0.29, 0.717) is 0 Å². The lowest BCUT2D eigenvalue weighted by atomic mass is 9.97. The van der Waals surface area contributed by atoms with Crippen molar-refractivity contribution >= 4 is 11.8 Å². The first-order valence-electron chi connectivity index (χ1n) is 7.18. The maximum absolute atomic E-state index is 12.5. The van der Waals surface area contributed by atoms with Crippen molar-refractivity contribution < 1.29 is 14.6 Å². The Bertz CT molecular complexity index is 535. The van der Waals surface area contributed by atoms with Gasteiger partial charge in [-0.2, -0.15) is 0 Å². The Hall–Kier alpha value is -1.55. The minimum atomic E-state index is -0.534. The Morgan fingerprint density at radius 2 is 2.00 bits per heavy atom. The number of anilines is 1. The monoisotopic (exact) mass is 275 g/mol. The van der Waals surface area contributed by atoms with Gasteiger partial charge in [0.15, 0.2) is 0 Å². The maximum atomic E-state index is 12.5. The topological polar surface area (TPSA) is 49.8 Å². The highest BCUT2D eigenvalue weighted by Gasteiger charge is 2.49. The van der Waals surface area contributed by atoms with E-state index < -0.39 is 11.7 Å². The van der Waals surface area contributed by atoms with Gasteiger partial charge in [-0.3, -0.25) is 4.90 Å².